The summed E-state index contributed by atoms with van der Waals surface area (Å²) >= 11 is 0. The topological polar surface area (TPSA) is 119 Å². The standard InChI is InChI=1S/C20H28N4O5Si/c1-12(26)23-17-15-13(7-8-30(4,5)6)9-24(18(15)22-11-21-17)19-20(2,28-3)16(27)14(10-25)29-19/h9,11,14,16,19,25,27H,10H2,1-6H3,(H,21,22,23,26)/t14?,16?,19-,20-/m1/s1. The van der Waals surface area contributed by atoms with Crippen molar-refractivity contribution in [3.05, 3.63) is 18.1 Å². The van der Waals surface area contributed by atoms with Crippen LogP contribution in [0.2, 0.25) is 19.6 Å². The summed E-state index contributed by atoms with van der Waals surface area (Å²) in [7, 11) is -0.209. The summed E-state index contributed by atoms with van der Waals surface area (Å²) < 4.78 is 13.3. The quantitative estimate of drug-likeness (QED) is 0.492. The Hall–Kier alpha value is -2.29. The van der Waals surface area contributed by atoms with Crippen LogP contribution in [-0.4, -0.2) is 70.3 Å². The Morgan fingerprint density at radius 3 is 2.70 bits per heavy atom. The average molecular weight is 433 g/mol. The van der Waals surface area contributed by atoms with Crippen LogP contribution in [0.4, 0.5) is 5.82 Å². The number of aromatic nitrogens is 3. The van der Waals surface area contributed by atoms with Crippen LogP contribution in [0, 0.1) is 11.5 Å². The van der Waals surface area contributed by atoms with Crippen molar-refractivity contribution in [3.8, 4) is 11.5 Å². The number of nitrogens with one attached hydrogen (secondary N) is 1. The molecule has 2 aromatic heterocycles. The molecule has 1 amide bonds. The summed E-state index contributed by atoms with van der Waals surface area (Å²) in [6, 6.07) is 0. The molecule has 2 aromatic rings. The smallest absolute Gasteiger partial charge is 0.222 e. The molecule has 9 nitrogen and oxygen atoms in total. The minimum absolute atomic E-state index is 0.263. The maximum Gasteiger partial charge on any atom is 0.222 e. The van der Waals surface area contributed by atoms with Gasteiger partial charge in [-0.3, -0.25) is 4.79 Å². The van der Waals surface area contributed by atoms with Crippen molar-refractivity contribution in [2.45, 2.75) is 57.5 Å². The maximum absolute atomic E-state index is 11.7. The molecule has 2 unspecified atom stereocenters. The first-order chi connectivity index (χ1) is 14.0. The van der Waals surface area contributed by atoms with E-state index >= 15 is 0 Å². The van der Waals surface area contributed by atoms with Gasteiger partial charge in [0.15, 0.2) is 6.23 Å². The Labute approximate surface area is 176 Å². The molecule has 3 N–H and O–H groups in total. The lowest BCUT2D eigenvalue weighted by Gasteiger charge is -2.31. The van der Waals surface area contributed by atoms with E-state index in [9.17, 15) is 15.0 Å². The fourth-order valence-corrected chi connectivity index (χ4v) is 3.98. The van der Waals surface area contributed by atoms with Gasteiger partial charge < -0.3 is 29.6 Å². The third-order valence-electron chi connectivity index (χ3n) is 5.08. The lowest BCUT2D eigenvalue weighted by atomic mass is 9.96. The minimum Gasteiger partial charge on any atom is -0.394 e. The molecule has 1 saturated heterocycles. The molecule has 0 radical (unpaired) electrons. The summed E-state index contributed by atoms with van der Waals surface area (Å²) in [6.45, 7) is 9.16. The zero-order valence-corrected chi connectivity index (χ0v) is 19.1. The number of carbonyl (C=O) groups is 1. The Bertz CT molecular complexity index is 1020. The van der Waals surface area contributed by atoms with Gasteiger partial charge in [-0.1, -0.05) is 25.6 Å². The van der Waals surface area contributed by atoms with Crippen LogP contribution in [0.5, 0.6) is 0 Å². The fourth-order valence-electron chi connectivity index (χ4n) is 3.47. The number of fused-ring (bicyclic) bond motifs is 1. The van der Waals surface area contributed by atoms with Gasteiger partial charge in [0.25, 0.3) is 0 Å². The fraction of sp³-hybridized carbons (Fsp3) is 0.550. The molecular formula is C20H28N4O5Si. The van der Waals surface area contributed by atoms with Crippen LogP contribution >= 0.6 is 0 Å². The SMILES string of the molecule is CO[C@]1(C)C(O)C(CO)O[C@H]1n1cc(C#C[Si](C)(C)C)c2c(NC(C)=O)ncnc21. The van der Waals surface area contributed by atoms with Crippen LogP contribution < -0.4 is 5.32 Å². The van der Waals surface area contributed by atoms with Crippen molar-refractivity contribution in [2.75, 3.05) is 19.0 Å². The summed E-state index contributed by atoms with van der Waals surface area (Å²) in [5, 5.41) is 23.6. The summed E-state index contributed by atoms with van der Waals surface area (Å²) in [6.07, 6.45) is 0.471. The van der Waals surface area contributed by atoms with Gasteiger partial charge in [-0.05, 0) is 6.92 Å². The van der Waals surface area contributed by atoms with Crippen LogP contribution in [-0.2, 0) is 14.3 Å². The summed E-state index contributed by atoms with van der Waals surface area (Å²) in [5.41, 5.74) is 3.31. The van der Waals surface area contributed by atoms with Gasteiger partial charge in [-0.25, -0.2) is 9.97 Å². The van der Waals surface area contributed by atoms with Crippen molar-refractivity contribution in [1.29, 1.82) is 0 Å². The largest absolute Gasteiger partial charge is 0.394 e. The van der Waals surface area contributed by atoms with E-state index in [1.54, 1.807) is 17.7 Å². The van der Waals surface area contributed by atoms with E-state index in [1.165, 1.54) is 20.4 Å². The van der Waals surface area contributed by atoms with Crippen LogP contribution in [0.15, 0.2) is 12.5 Å². The third kappa shape index (κ3) is 3.99. The van der Waals surface area contributed by atoms with Crippen molar-refractivity contribution in [3.63, 3.8) is 0 Å². The monoisotopic (exact) mass is 432 g/mol. The number of ether oxygens (including phenoxy) is 2. The van der Waals surface area contributed by atoms with E-state index in [2.05, 4.69) is 46.4 Å². The number of amides is 1. The van der Waals surface area contributed by atoms with E-state index in [0.717, 1.165) is 0 Å². The number of methoxy groups -OCH3 is 1. The van der Waals surface area contributed by atoms with Gasteiger partial charge in [-0.15, -0.1) is 5.54 Å². The van der Waals surface area contributed by atoms with Crippen molar-refractivity contribution < 1.29 is 24.5 Å². The van der Waals surface area contributed by atoms with Gasteiger partial charge in [-0.2, -0.15) is 0 Å². The van der Waals surface area contributed by atoms with Gasteiger partial charge >= 0.3 is 0 Å². The second kappa shape index (κ2) is 8.09. The van der Waals surface area contributed by atoms with E-state index in [0.29, 0.717) is 22.4 Å². The van der Waals surface area contributed by atoms with Crippen LogP contribution in [0.1, 0.15) is 25.6 Å². The number of aliphatic hydroxyl groups excluding tert-OH is 2. The number of carbonyl (C=O) groups excluding carboxylic acids is 1. The average Bonchev–Trinajstić information content (AvgIpc) is 3.16. The number of anilines is 1. The molecule has 1 aliphatic heterocycles. The highest BCUT2D eigenvalue weighted by atomic mass is 28.3. The number of aliphatic hydroxyl groups is 2. The highest BCUT2D eigenvalue weighted by molar-refractivity contribution is 6.83. The Morgan fingerprint density at radius 1 is 1.43 bits per heavy atom. The summed E-state index contributed by atoms with van der Waals surface area (Å²) in [4.78, 5) is 20.3. The molecule has 3 rings (SSSR count). The second-order valence-electron chi connectivity index (χ2n) is 8.59. The normalized spacial score (nSPS) is 26.5. The van der Waals surface area contributed by atoms with Crippen molar-refractivity contribution in [2.24, 2.45) is 0 Å². The molecule has 0 saturated carbocycles. The molecule has 0 aliphatic carbocycles. The number of nitrogens with zero attached hydrogens (tertiary/aromatic N) is 3. The first kappa shape index (κ1) is 22.4. The molecule has 1 fully saturated rings. The van der Waals surface area contributed by atoms with Gasteiger partial charge in [0.05, 0.1) is 17.6 Å². The molecule has 0 aromatic carbocycles. The van der Waals surface area contributed by atoms with Crippen LogP contribution in [0.3, 0.4) is 0 Å². The van der Waals surface area contributed by atoms with Crippen molar-refractivity contribution >= 4 is 30.8 Å². The van der Waals surface area contributed by atoms with Crippen LogP contribution in [0.25, 0.3) is 11.0 Å². The molecule has 0 bridgehead atoms. The molecule has 10 heteroatoms. The first-order valence-corrected chi connectivity index (χ1v) is 13.2. The van der Waals surface area contributed by atoms with E-state index in [4.69, 9.17) is 9.47 Å². The number of hydrogen-bond acceptors (Lipinski definition) is 7. The Balaban J connectivity index is 2.25. The lowest BCUT2D eigenvalue weighted by molar-refractivity contribution is -0.118. The molecule has 1 aliphatic rings. The predicted molar refractivity (Wildman–Crippen MR) is 114 cm³/mol. The maximum atomic E-state index is 11.7. The molecule has 4 atom stereocenters. The zero-order valence-electron chi connectivity index (χ0n) is 18.1. The molecule has 162 valence electrons. The second-order valence-corrected chi connectivity index (χ2v) is 13.3. The molecular weight excluding hydrogens is 404 g/mol. The number of rotatable bonds is 4. The Kier molecular flexibility index (Phi) is 6.04. The molecule has 0 spiro atoms. The van der Waals surface area contributed by atoms with Gasteiger partial charge in [0.1, 0.15) is 43.7 Å². The third-order valence-corrected chi connectivity index (χ3v) is 5.96. The van der Waals surface area contributed by atoms with E-state index in [1.807, 2.05) is 0 Å². The van der Waals surface area contributed by atoms with Gasteiger partial charge in [0, 0.05) is 20.2 Å². The van der Waals surface area contributed by atoms with Crippen molar-refractivity contribution in [1.82, 2.24) is 14.5 Å². The Morgan fingerprint density at radius 2 is 2.13 bits per heavy atom. The van der Waals surface area contributed by atoms with E-state index in [-0.39, 0.29) is 12.5 Å². The predicted octanol–water partition coefficient (Wildman–Crippen LogP) is 1.27. The zero-order chi connectivity index (χ0) is 22.3. The molecule has 3 heterocycles. The lowest BCUT2D eigenvalue weighted by Crippen LogP contribution is -2.46. The minimum atomic E-state index is -1.69. The van der Waals surface area contributed by atoms with Gasteiger partial charge in [0.2, 0.25) is 5.91 Å². The van der Waals surface area contributed by atoms with E-state index < -0.39 is 32.1 Å². The number of hydrogen-bond donors (Lipinski definition) is 3. The highest BCUT2D eigenvalue weighted by Gasteiger charge is 2.54. The first-order valence-electron chi connectivity index (χ1n) is 9.67. The summed E-state index contributed by atoms with van der Waals surface area (Å²) in [5.74, 6) is 3.31. The molecule has 30 heavy (non-hydrogen) atoms. The highest BCUT2D eigenvalue weighted by Crippen LogP contribution is 2.43.